The molecule has 0 aliphatic heterocycles. The van der Waals surface area contributed by atoms with Gasteiger partial charge in [-0.05, 0) is 29.5 Å². The van der Waals surface area contributed by atoms with Gasteiger partial charge in [-0.25, -0.2) is 5.43 Å². The Hall–Kier alpha value is -2.23. The van der Waals surface area contributed by atoms with Crippen LogP contribution >= 0.6 is 0 Å². The molecule has 1 unspecified atom stereocenters. The molecule has 20 heavy (non-hydrogen) atoms. The predicted molar refractivity (Wildman–Crippen MR) is 82.1 cm³/mol. The first kappa shape index (κ1) is 12.8. The zero-order valence-corrected chi connectivity index (χ0v) is 11.4. The molecule has 3 heteroatoms. The molecular formula is C17H17N3. The maximum absolute atomic E-state index is 5.81. The lowest BCUT2D eigenvalue weighted by Gasteiger charge is -2.19. The van der Waals surface area contributed by atoms with Gasteiger partial charge in [-0.2, -0.15) is 0 Å². The Bertz CT molecular complexity index is 732. The summed E-state index contributed by atoms with van der Waals surface area (Å²) in [7, 11) is 0. The van der Waals surface area contributed by atoms with E-state index in [0.717, 1.165) is 16.5 Å². The number of hydrogen-bond donors (Lipinski definition) is 2. The van der Waals surface area contributed by atoms with E-state index in [-0.39, 0.29) is 6.04 Å². The summed E-state index contributed by atoms with van der Waals surface area (Å²) in [6.45, 7) is 2.09. The molecule has 1 heterocycles. The summed E-state index contributed by atoms with van der Waals surface area (Å²) < 4.78 is 0. The number of aromatic nitrogens is 1. The van der Waals surface area contributed by atoms with E-state index in [2.05, 4.69) is 53.7 Å². The Kier molecular flexibility index (Phi) is 3.46. The number of rotatable bonds is 3. The number of fused-ring (bicyclic) bond motifs is 1. The van der Waals surface area contributed by atoms with Gasteiger partial charge in [0.15, 0.2) is 0 Å². The van der Waals surface area contributed by atoms with Crippen molar-refractivity contribution in [3.63, 3.8) is 0 Å². The normalized spacial score (nSPS) is 12.5. The van der Waals surface area contributed by atoms with Crippen LogP contribution in [-0.4, -0.2) is 4.98 Å². The van der Waals surface area contributed by atoms with Crippen LogP contribution in [0.25, 0.3) is 10.8 Å². The third-order valence-corrected chi connectivity index (χ3v) is 3.57. The number of pyridine rings is 1. The highest BCUT2D eigenvalue weighted by Gasteiger charge is 2.15. The average Bonchev–Trinajstić information content (AvgIpc) is 2.48. The molecular weight excluding hydrogens is 246 g/mol. The molecule has 0 amide bonds. The summed E-state index contributed by atoms with van der Waals surface area (Å²) in [6, 6.07) is 16.6. The Morgan fingerprint density at radius 3 is 2.75 bits per heavy atom. The number of hydrogen-bond acceptors (Lipinski definition) is 3. The first-order valence-corrected chi connectivity index (χ1v) is 6.65. The summed E-state index contributed by atoms with van der Waals surface area (Å²) >= 11 is 0. The summed E-state index contributed by atoms with van der Waals surface area (Å²) in [6.07, 6.45) is 3.69. The second-order valence-electron chi connectivity index (χ2n) is 4.96. The Labute approximate surface area is 118 Å². The SMILES string of the molecule is Cc1cccc(C(NN)c2cccc3cnccc23)c1. The summed E-state index contributed by atoms with van der Waals surface area (Å²) in [5.41, 5.74) is 6.49. The zero-order valence-electron chi connectivity index (χ0n) is 11.4. The summed E-state index contributed by atoms with van der Waals surface area (Å²) in [5, 5.41) is 2.30. The van der Waals surface area contributed by atoms with Gasteiger partial charge in [0.2, 0.25) is 0 Å². The van der Waals surface area contributed by atoms with Gasteiger partial charge in [0.05, 0.1) is 6.04 Å². The summed E-state index contributed by atoms with van der Waals surface area (Å²) in [5.74, 6) is 5.81. The van der Waals surface area contributed by atoms with Gasteiger partial charge in [-0.3, -0.25) is 10.8 Å². The van der Waals surface area contributed by atoms with Gasteiger partial charge in [-0.1, -0.05) is 48.0 Å². The van der Waals surface area contributed by atoms with E-state index in [9.17, 15) is 0 Å². The van der Waals surface area contributed by atoms with Crippen LogP contribution in [-0.2, 0) is 0 Å². The standard InChI is InChI=1S/C17H17N3/c1-12-4-2-5-13(10-12)17(20-18)16-7-3-6-14-11-19-9-8-15(14)16/h2-11,17,20H,18H2,1H3. The third-order valence-electron chi connectivity index (χ3n) is 3.57. The second-order valence-corrected chi connectivity index (χ2v) is 4.96. The van der Waals surface area contributed by atoms with E-state index in [1.54, 1.807) is 0 Å². The highest BCUT2D eigenvalue weighted by molar-refractivity contribution is 5.85. The molecule has 1 atom stereocenters. The Morgan fingerprint density at radius 2 is 1.95 bits per heavy atom. The van der Waals surface area contributed by atoms with Gasteiger partial charge < -0.3 is 0 Å². The van der Waals surface area contributed by atoms with Crippen molar-refractivity contribution in [3.8, 4) is 0 Å². The van der Waals surface area contributed by atoms with Crippen molar-refractivity contribution >= 4 is 10.8 Å². The maximum Gasteiger partial charge on any atom is 0.0716 e. The van der Waals surface area contributed by atoms with Crippen LogP contribution in [0.1, 0.15) is 22.7 Å². The Morgan fingerprint density at radius 1 is 1.10 bits per heavy atom. The molecule has 0 bridgehead atoms. The number of nitrogens with two attached hydrogens (primary N) is 1. The van der Waals surface area contributed by atoms with Crippen LogP contribution in [0.3, 0.4) is 0 Å². The van der Waals surface area contributed by atoms with Crippen LogP contribution in [0.2, 0.25) is 0 Å². The first-order valence-electron chi connectivity index (χ1n) is 6.65. The molecule has 0 saturated carbocycles. The monoisotopic (exact) mass is 263 g/mol. The number of aryl methyl sites for hydroxylation is 1. The van der Waals surface area contributed by atoms with E-state index >= 15 is 0 Å². The number of nitrogens with one attached hydrogen (secondary N) is 1. The van der Waals surface area contributed by atoms with E-state index in [4.69, 9.17) is 5.84 Å². The molecule has 100 valence electrons. The quantitative estimate of drug-likeness (QED) is 0.564. The minimum Gasteiger partial charge on any atom is -0.271 e. The second kappa shape index (κ2) is 5.41. The third kappa shape index (κ3) is 2.29. The molecule has 0 fully saturated rings. The van der Waals surface area contributed by atoms with Crippen LogP contribution in [0.15, 0.2) is 60.9 Å². The van der Waals surface area contributed by atoms with Gasteiger partial charge in [0.1, 0.15) is 0 Å². The van der Waals surface area contributed by atoms with Crippen molar-refractivity contribution in [2.24, 2.45) is 5.84 Å². The fraction of sp³-hybridized carbons (Fsp3) is 0.118. The number of nitrogens with zero attached hydrogens (tertiary/aromatic N) is 1. The van der Waals surface area contributed by atoms with Crippen molar-refractivity contribution in [2.45, 2.75) is 13.0 Å². The van der Waals surface area contributed by atoms with Gasteiger partial charge in [0, 0.05) is 17.8 Å². The first-order chi connectivity index (χ1) is 9.79. The topological polar surface area (TPSA) is 50.9 Å². The largest absolute Gasteiger partial charge is 0.271 e. The van der Waals surface area contributed by atoms with E-state index in [1.165, 1.54) is 10.9 Å². The van der Waals surface area contributed by atoms with Gasteiger partial charge in [0.25, 0.3) is 0 Å². The lowest BCUT2D eigenvalue weighted by molar-refractivity contribution is 0.640. The predicted octanol–water partition coefficient (Wildman–Crippen LogP) is 3.10. The molecule has 2 aromatic carbocycles. The van der Waals surface area contributed by atoms with Crippen molar-refractivity contribution in [1.82, 2.24) is 10.4 Å². The van der Waals surface area contributed by atoms with Crippen LogP contribution < -0.4 is 11.3 Å². The van der Waals surface area contributed by atoms with Crippen LogP contribution in [0.5, 0.6) is 0 Å². The van der Waals surface area contributed by atoms with Gasteiger partial charge in [-0.15, -0.1) is 0 Å². The molecule has 0 aliphatic carbocycles. The van der Waals surface area contributed by atoms with E-state index in [1.807, 2.05) is 24.5 Å². The van der Waals surface area contributed by atoms with Crippen LogP contribution in [0.4, 0.5) is 0 Å². The molecule has 1 aromatic heterocycles. The summed E-state index contributed by atoms with van der Waals surface area (Å²) in [4.78, 5) is 4.17. The lowest BCUT2D eigenvalue weighted by Crippen LogP contribution is -2.29. The highest BCUT2D eigenvalue weighted by Crippen LogP contribution is 2.28. The molecule has 0 saturated heterocycles. The van der Waals surface area contributed by atoms with Crippen LogP contribution in [0, 0.1) is 6.92 Å². The molecule has 3 rings (SSSR count). The molecule has 0 spiro atoms. The molecule has 3 aromatic rings. The van der Waals surface area contributed by atoms with Crippen molar-refractivity contribution < 1.29 is 0 Å². The van der Waals surface area contributed by atoms with Crippen molar-refractivity contribution in [2.75, 3.05) is 0 Å². The fourth-order valence-electron chi connectivity index (χ4n) is 2.61. The Balaban J connectivity index is 2.17. The highest BCUT2D eigenvalue weighted by atomic mass is 15.2. The molecule has 3 nitrogen and oxygen atoms in total. The lowest BCUT2D eigenvalue weighted by atomic mass is 9.94. The molecule has 0 aliphatic rings. The fourth-order valence-corrected chi connectivity index (χ4v) is 2.61. The maximum atomic E-state index is 5.81. The number of benzene rings is 2. The average molecular weight is 263 g/mol. The number of hydrazine groups is 1. The molecule has 0 radical (unpaired) electrons. The smallest absolute Gasteiger partial charge is 0.0716 e. The van der Waals surface area contributed by atoms with Gasteiger partial charge >= 0.3 is 0 Å². The van der Waals surface area contributed by atoms with E-state index < -0.39 is 0 Å². The van der Waals surface area contributed by atoms with Crippen molar-refractivity contribution in [1.29, 1.82) is 0 Å². The van der Waals surface area contributed by atoms with Crippen molar-refractivity contribution in [3.05, 3.63) is 77.6 Å². The van der Waals surface area contributed by atoms with E-state index in [0.29, 0.717) is 0 Å². The zero-order chi connectivity index (χ0) is 13.9. The molecule has 3 N–H and O–H groups in total. The minimum absolute atomic E-state index is 0.0269. The minimum atomic E-state index is -0.0269.